The Labute approximate surface area is 133 Å². The third-order valence-electron chi connectivity index (χ3n) is 3.86. The minimum absolute atomic E-state index is 0.216. The van der Waals surface area contributed by atoms with E-state index in [2.05, 4.69) is 26.2 Å². The number of hydrogen-bond acceptors (Lipinski definition) is 5. The molecular weight excluding hydrogens is 296 g/mol. The molecule has 0 aliphatic heterocycles. The van der Waals surface area contributed by atoms with Crippen LogP contribution in [0.3, 0.4) is 0 Å². The van der Waals surface area contributed by atoms with Crippen LogP contribution in [-0.4, -0.2) is 41.8 Å². The molecule has 2 atom stereocenters. The number of hydrogen-bond donors (Lipinski definition) is 4. The second-order valence-corrected chi connectivity index (χ2v) is 16.2. The van der Waals surface area contributed by atoms with Crippen molar-refractivity contribution in [3.63, 3.8) is 0 Å². The van der Waals surface area contributed by atoms with Crippen LogP contribution in [0.5, 0.6) is 0 Å². The first kappa shape index (κ1) is 21.2. The predicted octanol–water partition coefficient (Wildman–Crippen LogP) is 1.55. The van der Waals surface area contributed by atoms with E-state index in [0.29, 0.717) is 13.1 Å². The van der Waals surface area contributed by atoms with Gasteiger partial charge in [0.15, 0.2) is 16.6 Å². The van der Waals surface area contributed by atoms with Crippen molar-refractivity contribution >= 4 is 16.6 Å². The zero-order valence-corrected chi connectivity index (χ0v) is 16.5. The Kier molecular flexibility index (Phi) is 10.2. The van der Waals surface area contributed by atoms with Gasteiger partial charge in [0.2, 0.25) is 0 Å². The summed E-state index contributed by atoms with van der Waals surface area (Å²) < 4.78 is 6.59. The molecule has 8 N–H and O–H groups in total. The molecule has 0 radical (unpaired) electrons. The summed E-state index contributed by atoms with van der Waals surface area (Å²) in [5.41, 5.74) is 23.2. The highest BCUT2D eigenvalue weighted by atomic mass is 28.4. The van der Waals surface area contributed by atoms with Gasteiger partial charge in [-0.2, -0.15) is 0 Å². The Hall–Kier alpha value is 0.234. The van der Waals surface area contributed by atoms with Crippen LogP contribution >= 0.6 is 0 Å². The van der Waals surface area contributed by atoms with Crippen molar-refractivity contribution < 1.29 is 4.12 Å². The maximum atomic E-state index is 6.59. The van der Waals surface area contributed by atoms with E-state index in [1.807, 2.05) is 0 Å². The quantitative estimate of drug-likeness (QED) is 0.404. The van der Waals surface area contributed by atoms with Crippen molar-refractivity contribution in [1.29, 1.82) is 0 Å². The molecule has 0 rings (SSSR count). The molecule has 128 valence electrons. The molecule has 0 saturated heterocycles. The molecule has 21 heavy (non-hydrogen) atoms. The molecule has 0 aliphatic carbocycles. The molecule has 0 aromatic carbocycles. The van der Waals surface area contributed by atoms with Crippen LogP contribution in [0.2, 0.25) is 38.3 Å². The molecule has 7 heteroatoms. The Balaban J connectivity index is 4.20. The van der Waals surface area contributed by atoms with Crippen LogP contribution < -0.4 is 22.9 Å². The van der Waals surface area contributed by atoms with Gasteiger partial charge in [-0.3, -0.25) is 0 Å². The van der Waals surface area contributed by atoms with Crippen LogP contribution in [0.15, 0.2) is 0 Å². The molecule has 0 saturated carbocycles. The van der Waals surface area contributed by atoms with E-state index < -0.39 is 16.6 Å². The molecule has 0 amide bonds. The second-order valence-electron chi connectivity index (χ2n) is 7.37. The van der Waals surface area contributed by atoms with E-state index in [-0.39, 0.29) is 12.1 Å². The summed E-state index contributed by atoms with van der Waals surface area (Å²) in [7, 11) is -3.29. The van der Waals surface area contributed by atoms with Crippen molar-refractivity contribution in [3.05, 3.63) is 0 Å². The molecule has 0 spiro atoms. The normalized spacial score (nSPS) is 16.0. The largest absolute Gasteiger partial charge is 0.455 e. The van der Waals surface area contributed by atoms with Gasteiger partial charge in [-0.05, 0) is 77.0 Å². The van der Waals surface area contributed by atoms with E-state index in [1.165, 1.54) is 0 Å². The molecule has 0 heterocycles. The number of nitrogens with two attached hydrogens (primary N) is 4. The average molecular weight is 335 g/mol. The van der Waals surface area contributed by atoms with Crippen molar-refractivity contribution in [2.75, 3.05) is 13.1 Å². The fourth-order valence-electron chi connectivity index (χ4n) is 2.63. The average Bonchev–Trinajstić information content (AvgIpc) is 2.34. The predicted molar refractivity (Wildman–Crippen MR) is 98.2 cm³/mol. The van der Waals surface area contributed by atoms with Crippen LogP contribution in [-0.2, 0) is 4.12 Å². The van der Waals surface area contributed by atoms with Gasteiger partial charge >= 0.3 is 0 Å². The maximum Gasteiger partial charge on any atom is 0.173 e. The lowest BCUT2D eigenvalue weighted by Crippen LogP contribution is -2.45. The molecule has 0 aromatic heterocycles. The van der Waals surface area contributed by atoms with Gasteiger partial charge in [0.1, 0.15) is 0 Å². The van der Waals surface area contributed by atoms with E-state index in [0.717, 1.165) is 37.8 Å². The first-order chi connectivity index (χ1) is 9.62. The van der Waals surface area contributed by atoms with Gasteiger partial charge in [-0.1, -0.05) is 0 Å². The molecule has 0 bridgehead atoms. The molecule has 0 fully saturated rings. The van der Waals surface area contributed by atoms with Crippen LogP contribution in [0, 0.1) is 0 Å². The van der Waals surface area contributed by atoms with E-state index in [4.69, 9.17) is 27.0 Å². The number of rotatable bonds is 12. The molecule has 0 aliphatic rings. The molecule has 5 nitrogen and oxygen atoms in total. The fraction of sp³-hybridized carbons (Fsp3) is 1.00. The lowest BCUT2D eigenvalue weighted by atomic mass is 10.2. The van der Waals surface area contributed by atoms with Crippen LogP contribution in [0.25, 0.3) is 0 Å². The highest BCUT2D eigenvalue weighted by Crippen LogP contribution is 2.25. The highest BCUT2D eigenvalue weighted by molar-refractivity contribution is 6.84. The monoisotopic (exact) mass is 334 g/mol. The smallest absolute Gasteiger partial charge is 0.173 e. The topological polar surface area (TPSA) is 113 Å². The minimum atomic E-state index is -1.65. The molecular formula is C14H38N4OSi2. The van der Waals surface area contributed by atoms with Gasteiger partial charge in [-0.25, -0.2) is 0 Å². The highest BCUT2D eigenvalue weighted by Gasteiger charge is 2.33. The van der Waals surface area contributed by atoms with Gasteiger partial charge in [-0.15, -0.1) is 0 Å². The summed E-state index contributed by atoms with van der Waals surface area (Å²) in [5.74, 6) is 0. The van der Waals surface area contributed by atoms with E-state index >= 15 is 0 Å². The van der Waals surface area contributed by atoms with Crippen LogP contribution in [0.1, 0.15) is 25.7 Å². The fourth-order valence-corrected chi connectivity index (χ4v) is 11.6. The zero-order chi connectivity index (χ0) is 16.5. The SMILES string of the molecule is C[Si](C)(CCC(N)CCN)O[Si](C)(C)CCC(N)CCN. The van der Waals surface area contributed by atoms with Crippen LogP contribution in [0.4, 0.5) is 0 Å². The second kappa shape index (κ2) is 10.1. The van der Waals surface area contributed by atoms with Gasteiger partial charge in [0.25, 0.3) is 0 Å². The lowest BCUT2D eigenvalue weighted by Gasteiger charge is -2.35. The lowest BCUT2D eigenvalue weighted by molar-refractivity contribution is 0.506. The first-order valence-corrected chi connectivity index (χ1v) is 14.5. The third kappa shape index (κ3) is 11.5. The summed E-state index contributed by atoms with van der Waals surface area (Å²) in [4.78, 5) is 0. The summed E-state index contributed by atoms with van der Waals surface area (Å²) in [6, 6.07) is 2.65. The zero-order valence-electron chi connectivity index (χ0n) is 14.5. The van der Waals surface area contributed by atoms with Gasteiger partial charge < -0.3 is 27.0 Å². The van der Waals surface area contributed by atoms with Gasteiger partial charge in [0.05, 0.1) is 0 Å². The summed E-state index contributed by atoms with van der Waals surface area (Å²) >= 11 is 0. The van der Waals surface area contributed by atoms with E-state index in [1.54, 1.807) is 0 Å². The standard InChI is InChI=1S/C14H38N4OSi2/c1-20(2,11-7-13(17)5-9-15)19-21(3,4)12-8-14(18)6-10-16/h13-14H,5-12,15-18H2,1-4H3. The first-order valence-electron chi connectivity index (χ1n) is 8.23. The summed E-state index contributed by atoms with van der Waals surface area (Å²) in [5, 5.41) is 0. The molecule has 0 aromatic rings. The Morgan fingerprint density at radius 1 is 0.714 bits per heavy atom. The summed E-state index contributed by atoms with van der Waals surface area (Å²) in [6.07, 6.45) is 3.85. The maximum absolute atomic E-state index is 6.59. The van der Waals surface area contributed by atoms with Gasteiger partial charge in [0, 0.05) is 12.1 Å². The third-order valence-corrected chi connectivity index (χ3v) is 11.3. The Morgan fingerprint density at radius 2 is 1.05 bits per heavy atom. The van der Waals surface area contributed by atoms with Crippen molar-refractivity contribution in [2.45, 2.75) is 76.0 Å². The Bertz CT molecular complexity index is 252. The van der Waals surface area contributed by atoms with Crippen molar-refractivity contribution in [2.24, 2.45) is 22.9 Å². The van der Waals surface area contributed by atoms with Crippen molar-refractivity contribution in [1.82, 2.24) is 0 Å². The Morgan fingerprint density at radius 3 is 1.33 bits per heavy atom. The minimum Gasteiger partial charge on any atom is -0.455 e. The summed E-state index contributed by atoms with van der Waals surface area (Å²) in [6.45, 7) is 10.5. The van der Waals surface area contributed by atoms with E-state index in [9.17, 15) is 0 Å². The molecule has 2 unspecified atom stereocenters. The van der Waals surface area contributed by atoms with Crippen molar-refractivity contribution in [3.8, 4) is 0 Å².